The number of aryl methyl sites for hydroxylation is 1. The molecule has 0 aromatic heterocycles. The summed E-state index contributed by atoms with van der Waals surface area (Å²) in [5, 5.41) is 0. The van der Waals surface area contributed by atoms with Gasteiger partial charge < -0.3 is 18.6 Å². The Hall–Kier alpha value is -5.74. The largest absolute Gasteiger partial charge is 0.457 e. The Morgan fingerprint density at radius 1 is 0.745 bits per heavy atom. The van der Waals surface area contributed by atoms with E-state index in [1.54, 1.807) is 36.4 Å². The fourth-order valence-electron chi connectivity index (χ4n) is 5.82. The summed E-state index contributed by atoms with van der Waals surface area (Å²) in [6, 6.07) is 37.1. The average Bonchev–Trinajstić information content (AvgIpc) is 3.53. The first-order chi connectivity index (χ1) is 24.4. The minimum atomic E-state index is -4.04. The van der Waals surface area contributed by atoms with Crippen molar-refractivity contribution in [1.82, 2.24) is 0 Å². The van der Waals surface area contributed by atoms with E-state index in [1.807, 2.05) is 37.3 Å². The van der Waals surface area contributed by atoms with Gasteiger partial charge in [-0.1, -0.05) is 74.0 Å². The number of carbonyl (C=O) groups excluding carboxylic acids is 3. The molecule has 51 heavy (non-hydrogen) atoms. The average molecular weight is 704 g/mol. The molecule has 10 heteroatoms. The highest BCUT2D eigenvalue weighted by atomic mass is 32.2. The number of amides is 1. The lowest BCUT2D eigenvalue weighted by molar-refractivity contribution is -0.147. The molecule has 6 rings (SSSR count). The summed E-state index contributed by atoms with van der Waals surface area (Å²) in [6.07, 6.45) is -0.0432. The van der Waals surface area contributed by atoms with Crippen molar-refractivity contribution in [2.75, 3.05) is 18.1 Å². The fourth-order valence-corrected chi connectivity index (χ4v) is 6.75. The number of benzene rings is 5. The van der Waals surface area contributed by atoms with Crippen LogP contribution in [0.25, 0.3) is 0 Å². The highest BCUT2D eigenvalue weighted by Crippen LogP contribution is 2.34. The van der Waals surface area contributed by atoms with Crippen molar-refractivity contribution in [2.45, 2.75) is 37.5 Å². The summed E-state index contributed by atoms with van der Waals surface area (Å²) in [4.78, 5) is 39.9. The predicted octanol–water partition coefficient (Wildman–Crippen LogP) is 7.66. The van der Waals surface area contributed by atoms with Crippen molar-refractivity contribution >= 4 is 33.5 Å². The number of carbonyl (C=O) groups is 3. The molecule has 1 atom stereocenters. The van der Waals surface area contributed by atoms with Crippen LogP contribution in [0.4, 0.5) is 5.69 Å². The lowest BCUT2D eigenvalue weighted by atomic mass is 9.78. The summed E-state index contributed by atoms with van der Waals surface area (Å²) in [5.74, 6) is -0.787. The standard InChI is InChI=1S/C41H37NO8S/c1-28-9-23-37(24-10-28)51(46,47)50-36-17-11-29(12-18-36)38(43)27-48-40(45)30-25-39(44)42(26-30)33-15-21-35(22-16-33)49-34-19-13-32(14-20-34)41(2,3)31-7-5-4-6-8-31/h4-24,30H,25-27H2,1-3H3/t30-/m1/s1. The van der Waals surface area contributed by atoms with Gasteiger partial charge in [0.15, 0.2) is 12.4 Å². The van der Waals surface area contributed by atoms with Gasteiger partial charge in [-0.3, -0.25) is 14.4 Å². The lowest BCUT2D eigenvalue weighted by Gasteiger charge is -2.26. The molecule has 0 bridgehead atoms. The first-order valence-electron chi connectivity index (χ1n) is 16.4. The molecule has 1 fully saturated rings. The van der Waals surface area contributed by atoms with E-state index in [-0.39, 0.29) is 40.5 Å². The zero-order valence-corrected chi connectivity index (χ0v) is 29.3. The third kappa shape index (κ3) is 8.19. The lowest BCUT2D eigenvalue weighted by Crippen LogP contribution is -2.27. The third-order valence-corrected chi connectivity index (χ3v) is 10.2. The van der Waals surface area contributed by atoms with Crippen LogP contribution in [0.2, 0.25) is 0 Å². The van der Waals surface area contributed by atoms with Crippen molar-refractivity contribution in [2.24, 2.45) is 5.92 Å². The number of rotatable bonds is 12. The topological polar surface area (TPSA) is 116 Å². The molecule has 5 aromatic carbocycles. The third-order valence-electron chi connectivity index (χ3n) is 8.95. The first kappa shape index (κ1) is 35.1. The van der Waals surface area contributed by atoms with Crippen LogP contribution < -0.4 is 13.8 Å². The van der Waals surface area contributed by atoms with Gasteiger partial charge in [-0.05, 0) is 90.8 Å². The Morgan fingerprint density at radius 2 is 1.31 bits per heavy atom. The molecule has 0 aliphatic carbocycles. The Morgan fingerprint density at radius 3 is 1.94 bits per heavy atom. The van der Waals surface area contributed by atoms with Crippen LogP contribution in [0.1, 0.15) is 47.3 Å². The van der Waals surface area contributed by atoms with Gasteiger partial charge in [0.05, 0.1) is 5.92 Å². The van der Waals surface area contributed by atoms with E-state index >= 15 is 0 Å². The number of esters is 1. The zero-order chi connectivity index (χ0) is 36.2. The van der Waals surface area contributed by atoms with E-state index in [4.69, 9.17) is 13.7 Å². The van der Waals surface area contributed by atoms with E-state index in [1.165, 1.54) is 46.9 Å². The normalized spacial score (nSPS) is 14.6. The summed E-state index contributed by atoms with van der Waals surface area (Å²) >= 11 is 0. The molecule has 0 unspecified atom stereocenters. The minimum Gasteiger partial charge on any atom is -0.457 e. The maximum Gasteiger partial charge on any atom is 0.339 e. The number of Topliss-reactive ketones (excluding diaryl/α,β-unsaturated/α-hetero) is 1. The quantitative estimate of drug-likeness (QED) is 0.0739. The molecular formula is C41H37NO8S. The number of hydrogen-bond acceptors (Lipinski definition) is 8. The molecule has 0 radical (unpaired) electrons. The van der Waals surface area contributed by atoms with Gasteiger partial charge in [0, 0.05) is 29.6 Å². The van der Waals surface area contributed by atoms with Crippen molar-refractivity contribution in [3.63, 3.8) is 0 Å². The van der Waals surface area contributed by atoms with Crippen molar-refractivity contribution in [1.29, 1.82) is 0 Å². The molecule has 1 aliphatic heterocycles. The van der Waals surface area contributed by atoms with Gasteiger partial charge in [0.1, 0.15) is 22.1 Å². The minimum absolute atomic E-state index is 0.0102. The fraction of sp³-hybridized carbons (Fsp3) is 0.195. The maximum atomic E-state index is 12.8. The Labute approximate surface area is 297 Å². The van der Waals surface area contributed by atoms with Crippen LogP contribution in [0.15, 0.2) is 132 Å². The number of nitrogens with zero attached hydrogens (tertiary/aromatic N) is 1. The van der Waals surface area contributed by atoms with Crippen molar-refractivity contribution in [3.8, 4) is 17.2 Å². The van der Waals surface area contributed by atoms with E-state index in [0.29, 0.717) is 17.2 Å². The van der Waals surface area contributed by atoms with Crippen LogP contribution in [-0.4, -0.2) is 39.2 Å². The first-order valence-corrected chi connectivity index (χ1v) is 17.9. The monoisotopic (exact) mass is 703 g/mol. The van der Waals surface area contributed by atoms with Gasteiger partial charge >= 0.3 is 16.1 Å². The zero-order valence-electron chi connectivity index (χ0n) is 28.4. The Kier molecular flexibility index (Phi) is 10.1. The van der Waals surface area contributed by atoms with Gasteiger partial charge in [-0.15, -0.1) is 0 Å². The smallest absolute Gasteiger partial charge is 0.339 e. The Bertz CT molecular complexity index is 2130. The molecule has 260 valence electrons. The highest BCUT2D eigenvalue weighted by Gasteiger charge is 2.36. The second kappa shape index (κ2) is 14.6. The Balaban J connectivity index is 0.990. The molecule has 9 nitrogen and oxygen atoms in total. The highest BCUT2D eigenvalue weighted by molar-refractivity contribution is 7.87. The van der Waals surface area contributed by atoms with Crippen LogP contribution in [0.5, 0.6) is 17.2 Å². The van der Waals surface area contributed by atoms with Gasteiger partial charge in [-0.25, -0.2) is 0 Å². The molecule has 1 aliphatic rings. The molecule has 0 spiro atoms. The predicted molar refractivity (Wildman–Crippen MR) is 193 cm³/mol. The molecule has 1 heterocycles. The molecule has 0 N–H and O–H groups in total. The summed E-state index contributed by atoms with van der Waals surface area (Å²) in [5.41, 5.74) is 3.96. The summed E-state index contributed by atoms with van der Waals surface area (Å²) in [7, 11) is -4.04. The van der Waals surface area contributed by atoms with Crippen LogP contribution >= 0.6 is 0 Å². The second-order valence-corrected chi connectivity index (χ2v) is 14.5. The van der Waals surface area contributed by atoms with Gasteiger partial charge in [0.25, 0.3) is 0 Å². The van der Waals surface area contributed by atoms with Crippen LogP contribution in [0.3, 0.4) is 0 Å². The number of anilines is 1. The number of ether oxygens (including phenoxy) is 2. The SMILES string of the molecule is Cc1ccc(S(=O)(=O)Oc2ccc(C(=O)COC(=O)[C@@H]3CC(=O)N(c4ccc(Oc5ccc(C(C)(C)c6ccccc6)cc5)cc4)C3)cc2)cc1. The van der Waals surface area contributed by atoms with E-state index in [2.05, 4.69) is 38.1 Å². The summed E-state index contributed by atoms with van der Waals surface area (Å²) in [6.45, 7) is 5.80. The van der Waals surface area contributed by atoms with Gasteiger partial charge in [0.2, 0.25) is 5.91 Å². The van der Waals surface area contributed by atoms with E-state index in [9.17, 15) is 22.8 Å². The molecule has 5 aromatic rings. The molecule has 1 amide bonds. The molecule has 1 saturated heterocycles. The second-order valence-electron chi connectivity index (χ2n) is 12.9. The van der Waals surface area contributed by atoms with E-state index < -0.39 is 34.4 Å². The van der Waals surface area contributed by atoms with Crippen molar-refractivity contribution < 1.29 is 36.5 Å². The van der Waals surface area contributed by atoms with E-state index in [0.717, 1.165) is 11.1 Å². The van der Waals surface area contributed by atoms with Crippen molar-refractivity contribution in [3.05, 3.63) is 150 Å². The summed E-state index contributed by atoms with van der Waals surface area (Å²) < 4.78 is 41.6. The van der Waals surface area contributed by atoms with Crippen LogP contribution in [-0.2, 0) is 29.9 Å². The molecular weight excluding hydrogens is 667 g/mol. The number of ketones is 1. The maximum absolute atomic E-state index is 12.8. The molecule has 0 saturated carbocycles. The van der Waals surface area contributed by atoms with Gasteiger partial charge in [-0.2, -0.15) is 8.42 Å². The number of hydrogen-bond donors (Lipinski definition) is 0. The van der Waals surface area contributed by atoms with Crippen LogP contribution in [0, 0.1) is 12.8 Å².